The van der Waals surface area contributed by atoms with Gasteiger partial charge in [0.2, 0.25) is 5.95 Å². The summed E-state index contributed by atoms with van der Waals surface area (Å²) in [6.07, 6.45) is 3.74. The Kier molecular flexibility index (Phi) is 3.47. The fourth-order valence-corrected chi connectivity index (χ4v) is 1.18. The third kappa shape index (κ3) is 3.81. The van der Waals surface area contributed by atoms with Gasteiger partial charge in [0.25, 0.3) is 0 Å². The molecule has 1 aromatic rings. The molecule has 5 nitrogen and oxygen atoms in total. The van der Waals surface area contributed by atoms with Gasteiger partial charge in [0.15, 0.2) is 0 Å². The Balaban J connectivity index is 1.65. The fourth-order valence-electron chi connectivity index (χ4n) is 1.18. The average molecular weight is 209 g/mol. The summed E-state index contributed by atoms with van der Waals surface area (Å²) >= 11 is 0. The van der Waals surface area contributed by atoms with E-state index in [1.54, 1.807) is 18.5 Å². The van der Waals surface area contributed by atoms with E-state index in [0.29, 0.717) is 25.3 Å². The number of hydrogen-bond acceptors (Lipinski definition) is 5. The van der Waals surface area contributed by atoms with Crippen molar-refractivity contribution in [3.63, 3.8) is 0 Å². The van der Waals surface area contributed by atoms with Crippen LogP contribution in [0.5, 0.6) is 0 Å². The molecular formula is C10H15N3O2. The number of hydrogen-bond donors (Lipinski definition) is 1. The minimum absolute atomic E-state index is 0.200. The SMILES string of the molecule is CC(COCC1CO1)Nc1ncccn1. The molecule has 2 unspecified atom stereocenters. The maximum Gasteiger partial charge on any atom is 0.222 e. The third-order valence-corrected chi connectivity index (χ3v) is 2.02. The minimum Gasteiger partial charge on any atom is -0.377 e. The second kappa shape index (κ2) is 5.04. The lowest BCUT2D eigenvalue weighted by Crippen LogP contribution is -2.23. The van der Waals surface area contributed by atoms with E-state index in [4.69, 9.17) is 9.47 Å². The zero-order chi connectivity index (χ0) is 10.5. The Morgan fingerprint density at radius 1 is 1.60 bits per heavy atom. The van der Waals surface area contributed by atoms with Gasteiger partial charge >= 0.3 is 0 Å². The molecule has 5 heteroatoms. The molecule has 0 bridgehead atoms. The summed E-state index contributed by atoms with van der Waals surface area (Å²) in [5.74, 6) is 0.635. The Hall–Kier alpha value is -1.20. The van der Waals surface area contributed by atoms with Crippen LogP contribution in [0, 0.1) is 0 Å². The Morgan fingerprint density at radius 3 is 3.00 bits per heavy atom. The van der Waals surface area contributed by atoms with Crippen LogP contribution in [0.1, 0.15) is 6.92 Å². The molecule has 1 aromatic heterocycles. The highest BCUT2D eigenvalue weighted by Gasteiger charge is 2.22. The number of nitrogens with zero attached hydrogens (tertiary/aromatic N) is 2. The molecule has 82 valence electrons. The zero-order valence-corrected chi connectivity index (χ0v) is 8.72. The van der Waals surface area contributed by atoms with Crippen LogP contribution in [0.4, 0.5) is 5.95 Å². The molecule has 1 N–H and O–H groups in total. The van der Waals surface area contributed by atoms with Gasteiger partial charge in [-0.05, 0) is 13.0 Å². The second-order valence-electron chi connectivity index (χ2n) is 3.61. The van der Waals surface area contributed by atoms with E-state index in [0.717, 1.165) is 6.61 Å². The van der Waals surface area contributed by atoms with Crippen molar-refractivity contribution in [2.75, 3.05) is 25.1 Å². The lowest BCUT2D eigenvalue weighted by Gasteiger charge is -2.13. The molecule has 1 aliphatic rings. The first-order valence-corrected chi connectivity index (χ1v) is 5.07. The smallest absolute Gasteiger partial charge is 0.222 e. The molecule has 2 heterocycles. The number of rotatable bonds is 6. The van der Waals surface area contributed by atoms with E-state index in [9.17, 15) is 0 Å². The zero-order valence-electron chi connectivity index (χ0n) is 8.72. The van der Waals surface area contributed by atoms with Gasteiger partial charge in [-0.25, -0.2) is 9.97 Å². The van der Waals surface area contributed by atoms with Crippen LogP contribution in [0.15, 0.2) is 18.5 Å². The number of epoxide rings is 1. The fraction of sp³-hybridized carbons (Fsp3) is 0.600. The molecule has 0 spiro atoms. The van der Waals surface area contributed by atoms with Crippen LogP contribution in [0.2, 0.25) is 0 Å². The van der Waals surface area contributed by atoms with Crippen molar-refractivity contribution in [3.8, 4) is 0 Å². The van der Waals surface area contributed by atoms with E-state index < -0.39 is 0 Å². The first kappa shape index (κ1) is 10.3. The van der Waals surface area contributed by atoms with Gasteiger partial charge in [-0.1, -0.05) is 0 Å². The number of ether oxygens (including phenoxy) is 2. The van der Waals surface area contributed by atoms with Crippen LogP contribution in [0.25, 0.3) is 0 Å². The van der Waals surface area contributed by atoms with Gasteiger partial charge in [-0.2, -0.15) is 0 Å². The molecule has 0 amide bonds. The van der Waals surface area contributed by atoms with Crippen molar-refractivity contribution in [1.29, 1.82) is 0 Å². The maximum atomic E-state index is 5.45. The van der Waals surface area contributed by atoms with Crippen LogP contribution in [0.3, 0.4) is 0 Å². The van der Waals surface area contributed by atoms with Crippen LogP contribution in [-0.2, 0) is 9.47 Å². The highest BCUT2D eigenvalue weighted by molar-refractivity contribution is 5.23. The highest BCUT2D eigenvalue weighted by Crippen LogP contribution is 2.08. The summed E-state index contributed by atoms with van der Waals surface area (Å²) in [7, 11) is 0. The monoisotopic (exact) mass is 209 g/mol. The molecule has 2 atom stereocenters. The summed E-state index contributed by atoms with van der Waals surface area (Å²) in [5, 5.41) is 3.15. The molecule has 1 fully saturated rings. The van der Waals surface area contributed by atoms with Gasteiger partial charge in [0.1, 0.15) is 6.10 Å². The van der Waals surface area contributed by atoms with Crippen molar-refractivity contribution < 1.29 is 9.47 Å². The first-order chi connectivity index (χ1) is 7.34. The average Bonchev–Trinajstić information content (AvgIpc) is 3.03. The van der Waals surface area contributed by atoms with Gasteiger partial charge in [-0.15, -0.1) is 0 Å². The van der Waals surface area contributed by atoms with E-state index in [1.807, 2.05) is 6.92 Å². The number of nitrogens with one attached hydrogen (secondary N) is 1. The Bertz CT molecular complexity index is 290. The molecule has 0 saturated carbocycles. The van der Waals surface area contributed by atoms with Gasteiger partial charge < -0.3 is 14.8 Å². The molecular weight excluding hydrogens is 194 g/mol. The summed E-state index contributed by atoms with van der Waals surface area (Å²) in [6.45, 7) is 4.19. The van der Waals surface area contributed by atoms with Gasteiger partial charge in [0, 0.05) is 18.4 Å². The topological polar surface area (TPSA) is 59.6 Å². The molecule has 0 aliphatic carbocycles. The standard InChI is InChI=1S/C10H15N3O2/c1-8(5-14-6-9-7-15-9)13-10-11-3-2-4-12-10/h2-4,8-9H,5-7H2,1H3,(H,11,12,13). The molecule has 0 radical (unpaired) electrons. The first-order valence-electron chi connectivity index (χ1n) is 5.07. The summed E-state index contributed by atoms with van der Waals surface area (Å²) in [6, 6.07) is 1.99. The quantitative estimate of drug-likeness (QED) is 0.698. The summed E-state index contributed by atoms with van der Waals surface area (Å²) in [4.78, 5) is 8.14. The molecule has 1 saturated heterocycles. The summed E-state index contributed by atoms with van der Waals surface area (Å²) < 4.78 is 10.5. The van der Waals surface area contributed by atoms with E-state index in [-0.39, 0.29) is 6.04 Å². The Labute approximate surface area is 88.8 Å². The maximum absolute atomic E-state index is 5.45. The molecule has 2 rings (SSSR count). The molecule has 1 aliphatic heterocycles. The summed E-state index contributed by atoms with van der Waals surface area (Å²) in [5.41, 5.74) is 0. The lowest BCUT2D eigenvalue weighted by molar-refractivity contribution is 0.111. The largest absolute Gasteiger partial charge is 0.377 e. The Morgan fingerprint density at radius 2 is 2.33 bits per heavy atom. The normalized spacial score (nSPS) is 21.0. The predicted octanol–water partition coefficient (Wildman–Crippen LogP) is 0.692. The highest BCUT2D eigenvalue weighted by atomic mass is 16.6. The van der Waals surface area contributed by atoms with E-state index in [1.165, 1.54) is 0 Å². The van der Waals surface area contributed by atoms with Crippen molar-refractivity contribution in [2.24, 2.45) is 0 Å². The van der Waals surface area contributed by atoms with Crippen LogP contribution >= 0.6 is 0 Å². The van der Waals surface area contributed by atoms with Crippen molar-refractivity contribution >= 4 is 5.95 Å². The van der Waals surface area contributed by atoms with Crippen molar-refractivity contribution in [2.45, 2.75) is 19.1 Å². The molecule has 0 aromatic carbocycles. The number of aromatic nitrogens is 2. The molecule has 15 heavy (non-hydrogen) atoms. The van der Waals surface area contributed by atoms with Crippen molar-refractivity contribution in [3.05, 3.63) is 18.5 Å². The van der Waals surface area contributed by atoms with Crippen molar-refractivity contribution in [1.82, 2.24) is 9.97 Å². The van der Waals surface area contributed by atoms with E-state index in [2.05, 4.69) is 15.3 Å². The van der Waals surface area contributed by atoms with E-state index >= 15 is 0 Å². The lowest BCUT2D eigenvalue weighted by atomic mass is 10.4. The van der Waals surface area contributed by atoms with Crippen LogP contribution in [-0.4, -0.2) is 41.9 Å². The minimum atomic E-state index is 0.200. The van der Waals surface area contributed by atoms with Crippen LogP contribution < -0.4 is 5.32 Å². The second-order valence-corrected chi connectivity index (χ2v) is 3.61. The van der Waals surface area contributed by atoms with Gasteiger partial charge in [0.05, 0.1) is 19.8 Å². The third-order valence-electron chi connectivity index (χ3n) is 2.02. The predicted molar refractivity (Wildman–Crippen MR) is 55.7 cm³/mol. The number of anilines is 1. The van der Waals surface area contributed by atoms with Gasteiger partial charge in [-0.3, -0.25) is 0 Å².